The predicted molar refractivity (Wildman–Crippen MR) is 55.9 cm³/mol. The number of carbonyl (C=O) groups is 1. The highest BCUT2D eigenvalue weighted by molar-refractivity contribution is 9.10. The fourth-order valence-electron chi connectivity index (χ4n) is 1.05. The molecule has 1 aromatic carbocycles. The normalized spacial score (nSPS) is 9.73. The van der Waals surface area contributed by atoms with E-state index in [4.69, 9.17) is 10.5 Å². The summed E-state index contributed by atoms with van der Waals surface area (Å²) in [6.45, 7) is 0. The molecule has 0 aliphatic carbocycles. The van der Waals surface area contributed by atoms with Crippen molar-refractivity contribution in [2.24, 2.45) is 5.73 Å². The summed E-state index contributed by atoms with van der Waals surface area (Å²) in [6.07, 6.45) is 0. The maximum atomic E-state index is 11.0. The first-order chi connectivity index (χ1) is 6.97. The molecule has 0 fully saturated rings. The van der Waals surface area contributed by atoms with Crippen molar-refractivity contribution in [1.29, 1.82) is 0 Å². The van der Waals surface area contributed by atoms with Gasteiger partial charge in [-0.1, -0.05) is 0 Å². The summed E-state index contributed by atoms with van der Waals surface area (Å²) in [5.41, 5.74) is 4.48. The molecular weight excluding hydrogens is 268 g/mol. The summed E-state index contributed by atoms with van der Waals surface area (Å²) in [7, 11) is 1.39. The zero-order valence-corrected chi connectivity index (χ0v) is 9.28. The number of nitrogens with two attached hydrogens (primary N) is 1. The van der Waals surface area contributed by atoms with E-state index in [-0.39, 0.29) is 11.3 Å². The van der Waals surface area contributed by atoms with Crippen molar-refractivity contribution in [3.63, 3.8) is 0 Å². The van der Waals surface area contributed by atoms with Crippen LogP contribution in [0.25, 0.3) is 0 Å². The Morgan fingerprint density at radius 2 is 2.20 bits per heavy atom. The molecule has 1 amide bonds. The van der Waals surface area contributed by atoms with Crippen molar-refractivity contribution in [3.05, 3.63) is 32.3 Å². The first-order valence-electron chi connectivity index (χ1n) is 3.79. The number of rotatable bonds is 3. The lowest BCUT2D eigenvalue weighted by molar-refractivity contribution is -0.385. The zero-order valence-electron chi connectivity index (χ0n) is 7.69. The third-order valence-corrected chi connectivity index (χ3v) is 2.35. The van der Waals surface area contributed by atoms with Crippen LogP contribution >= 0.6 is 15.9 Å². The van der Waals surface area contributed by atoms with Crippen LogP contribution in [0.15, 0.2) is 16.6 Å². The summed E-state index contributed by atoms with van der Waals surface area (Å²) in [6, 6.07) is 2.41. The molecule has 0 aliphatic heterocycles. The number of benzene rings is 1. The van der Waals surface area contributed by atoms with Gasteiger partial charge in [0, 0.05) is 12.1 Å². The van der Waals surface area contributed by atoms with E-state index in [0.717, 1.165) is 0 Å². The van der Waals surface area contributed by atoms with E-state index in [2.05, 4.69) is 15.9 Å². The molecule has 0 heterocycles. The molecule has 0 saturated carbocycles. The van der Waals surface area contributed by atoms with E-state index in [1.807, 2.05) is 0 Å². The lowest BCUT2D eigenvalue weighted by Crippen LogP contribution is -2.13. The standard InChI is InChI=1S/C8H7BrN2O4/c1-15-7-2-4(8(10)12)6(11(13)14)3-5(7)9/h2-3H,1H3,(H2,10,12). The Hall–Kier alpha value is -1.63. The van der Waals surface area contributed by atoms with Crippen LogP contribution in [0.4, 0.5) is 5.69 Å². The molecule has 7 heteroatoms. The highest BCUT2D eigenvalue weighted by atomic mass is 79.9. The van der Waals surface area contributed by atoms with Gasteiger partial charge in [-0.3, -0.25) is 14.9 Å². The van der Waals surface area contributed by atoms with Gasteiger partial charge < -0.3 is 10.5 Å². The molecule has 0 bridgehead atoms. The van der Waals surface area contributed by atoms with Gasteiger partial charge in [0.2, 0.25) is 0 Å². The Balaban J connectivity index is 3.45. The van der Waals surface area contributed by atoms with Crippen LogP contribution in [0, 0.1) is 10.1 Å². The van der Waals surface area contributed by atoms with Gasteiger partial charge in [-0.25, -0.2) is 0 Å². The number of hydrogen-bond donors (Lipinski definition) is 1. The fourth-order valence-corrected chi connectivity index (χ4v) is 1.54. The zero-order chi connectivity index (χ0) is 11.6. The average Bonchev–Trinajstić information content (AvgIpc) is 2.16. The van der Waals surface area contributed by atoms with E-state index in [9.17, 15) is 14.9 Å². The maximum Gasteiger partial charge on any atom is 0.283 e. The van der Waals surface area contributed by atoms with Crippen molar-refractivity contribution in [2.75, 3.05) is 7.11 Å². The Kier molecular flexibility index (Phi) is 3.25. The van der Waals surface area contributed by atoms with Crippen molar-refractivity contribution in [1.82, 2.24) is 0 Å². The van der Waals surface area contributed by atoms with Crippen molar-refractivity contribution < 1.29 is 14.5 Å². The van der Waals surface area contributed by atoms with Crippen LogP contribution in [0.1, 0.15) is 10.4 Å². The molecule has 1 rings (SSSR count). The van der Waals surface area contributed by atoms with E-state index in [0.29, 0.717) is 10.2 Å². The lowest BCUT2D eigenvalue weighted by atomic mass is 10.1. The summed E-state index contributed by atoms with van der Waals surface area (Å²) < 4.78 is 5.28. The number of nitro benzene ring substituents is 1. The summed E-state index contributed by atoms with van der Waals surface area (Å²) in [4.78, 5) is 20.9. The second kappa shape index (κ2) is 4.26. The maximum absolute atomic E-state index is 11.0. The van der Waals surface area contributed by atoms with Crippen LogP contribution in [-0.4, -0.2) is 17.9 Å². The summed E-state index contributed by atoms with van der Waals surface area (Å²) >= 11 is 3.08. The quantitative estimate of drug-likeness (QED) is 0.667. The first-order valence-corrected chi connectivity index (χ1v) is 4.58. The van der Waals surface area contributed by atoms with E-state index in [1.165, 1.54) is 19.2 Å². The molecule has 0 unspecified atom stereocenters. The predicted octanol–water partition coefficient (Wildman–Crippen LogP) is 1.46. The second-order valence-corrected chi connectivity index (χ2v) is 3.48. The number of hydrogen-bond acceptors (Lipinski definition) is 4. The van der Waals surface area contributed by atoms with Crippen LogP contribution in [0.3, 0.4) is 0 Å². The van der Waals surface area contributed by atoms with Crippen molar-refractivity contribution in [3.8, 4) is 5.75 Å². The molecular formula is C8H7BrN2O4. The van der Waals surface area contributed by atoms with Gasteiger partial charge in [0.1, 0.15) is 11.3 Å². The number of carbonyl (C=O) groups excluding carboxylic acids is 1. The number of primary amides is 1. The SMILES string of the molecule is COc1cc(C(N)=O)c([N+](=O)[O-])cc1Br. The smallest absolute Gasteiger partial charge is 0.283 e. The van der Waals surface area contributed by atoms with Gasteiger partial charge in [-0.05, 0) is 15.9 Å². The Bertz CT molecular complexity index is 433. The van der Waals surface area contributed by atoms with Gasteiger partial charge in [0.25, 0.3) is 11.6 Å². The number of amides is 1. The highest BCUT2D eigenvalue weighted by Crippen LogP contribution is 2.32. The van der Waals surface area contributed by atoms with Gasteiger partial charge in [0.05, 0.1) is 16.5 Å². The van der Waals surface area contributed by atoms with E-state index in [1.54, 1.807) is 0 Å². The third-order valence-electron chi connectivity index (χ3n) is 1.73. The molecule has 0 aliphatic rings. The molecule has 0 radical (unpaired) electrons. The van der Waals surface area contributed by atoms with Crippen molar-refractivity contribution >= 4 is 27.5 Å². The van der Waals surface area contributed by atoms with Gasteiger partial charge in [-0.15, -0.1) is 0 Å². The molecule has 0 saturated heterocycles. The topological polar surface area (TPSA) is 95.5 Å². The minimum absolute atomic E-state index is 0.181. The Morgan fingerprint density at radius 1 is 1.60 bits per heavy atom. The fraction of sp³-hybridized carbons (Fsp3) is 0.125. The van der Waals surface area contributed by atoms with Gasteiger partial charge >= 0.3 is 0 Å². The van der Waals surface area contributed by atoms with Gasteiger partial charge in [-0.2, -0.15) is 0 Å². The van der Waals surface area contributed by atoms with Crippen LogP contribution < -0.4 is 10.5 Å². The molecule has 1 aromatic rings. The molecule has 6 nitrogen and oxygen atoms in total. The number of ether oxygens (including phenoxy) is 1. The minimum Gasteiger partial charge on any atom is -0.496 e. The lowest BCUT2D eigenvalue weighted by Gasteiger charge is -2.05. The van der Waals surface area contributed by atoms with E-state index < -0.39 is 10.8 Å². The highest BCUT2D eigenvalue weighted by Gasteiger charge is 2.21. The van der Waals surface area contributed by atoms with Crippen LogP contribution in [0.5, 0.6) is 5.75 Å². The summed E-state index contributed by atoms with van der Waals surface area (Å²) in [5.74, 6) is -0.554. The monoisotopic (exact) mass is 274 g/mol. The largest absolute Gasteiger partial charge is 0.496 e. The molecule has 0 atom stereocenters. The minimum atomic E-state index is -0.868. The number of halogens is 1. The summed E-state index contributed by atoms with van der Waals surface area (Å²) in [5, 5.41) is 10.6. The Labute approximate surface area is 93.3 Å². The number of methoxy groups -OCH3 is 1. The molecule has 0 spiro atoms. The van der Waals surface area contributed by atoms with Crippen molar-refractivity contribution in [2.45, 2.75) is 0 Å². The van der Waals surface area contributed by atoms with E-state index >= 15 is 0 Å². The Morgan fingerprint density at radius 3 is 2.60 bits per heavy atom. The third kappa shape index (κ3) is 2.24. The number of nitrogens with zero attached hydrogens (tertiary/aromatic N) is 1. The molecule has 80 valence electrons. The van der Waals surface area contributed by atoms with Crippen LogP contribution in [-0.2, 0) is 0 Å². The molecule has 2 N–H and O–H groups in total. The molecule has 0 aromatic heterocycles. The number of nitro groups is 1. The van der Waals surface area contributed by atoms with Crippen LogP contribution in [0.2, 0.25) is 0 Å². The first kappa shape index (κ1) is 11.4. The second-order valence-electron chi connectivity index (χ2n) is 2.63. The molecule has 15 heavy (non-hydrogen) atoms. The average molecular weight is 275 g/mol. The van der Waals surface area contributed by atoms with Gasteiger partial charge in [0.15, 0.2) is 0 Å².